The van der Waals surface area contributed by atoms with E-state index in [4.69, 9.17) is 23.7 Å². The minimum absolute atomic E-state index is 0.203. The van der Waals surface area contributed by atoms with Gasteiger partial charge < -0.3 is 29.0 Å². The molecule has 0 aliphatic rings. The SMILES string of the molecule is CNc1nc(N(C(=O)OC(C)(C)C)C(=O)OC(C)(C)C)ncc1OCCCc1ccc(OC)c(OC)c1. The third-order valence-corrected chi connectivity index (χ3v) is 4.65. The minimum atomic E-state index is -0.951. The van der Waals surface area contributed by atoms with E-state index in [0.717, 1.165) is 12.0 Å². The monoisotopic (exact) mass is 518 g/mol. The molecular weight excluding hydrogens is 480 g/mol. The topological polar surface area (TPSA) is 121 Å². The second-order valence-electron chi connectivity index (χ2n) is 10.1. The molecule has 0 unspecified atom stereocenters. The van der Waals surface area contributed by atoms with Gasteiger partial charge in [0.05, 0.1) is 27.0 Å². The van der Waals surface area contributed by atoms with Gasteiger partial charge >= 0.3 is 12.2 Å². The molecule has 1 aromatic heterocycles. The van der Waals surface area contributed by atoms with Gasteiger partial charge in [-0.05, 0) is 72.1 Å². The zero-order valence-corrected chi connectivity index (χ0v) is 23.1. The van der Waals surface area contributed by atoms with Crippen LogP contribution in [0.4, 0.5) is 21.4 Å². The highest BCUT2D eigenvalue weighted by Gasteiger charge is 2.35. The van der Waals surface area contributed by atoms with Crippen molar-refractivity contribution in [1.29, 1.82) is 0 Å². The minimum Gasteiger partial charge on any atom is -0.493 e. The number of methoxy groups -OCH3 is 2. The molecule has 0 aliphatic carbocycles. The van der Waals surface area contributed by atoms with Crippen LogP contribution in [-0.2, 0) is 15.9 Å². The summed E-state index contributed by atoms with van der Waals surface area (Å²) < 4.78 is 27.3. The molecule has 1 aromatic carbocycles. The average molecular weight is 519 g/mol. The Balaban J connectivity index is 2.16. The van der Waals surface area contributed by atoms with Crippen molar-refractivity contribution >= 4 is 24.0 Å². The molecule has 1 heterocycles. The van der Waals surface area contributed by atoms with Crippen molar-refractivity contribution in [3.05, 3.63) is 30.0 Å². The summed E-state index contributed by atoms with van der Waals surface area (Å²) in [7, 11) is 4.84. The summed E-state index contributed by atoms with van der Waals surface area (Å²) in [5, 5.41) is 2.91. The summed E-state index contributed by atoms with van der Waals surface area (Å²) in [4.78, 5) is 34.9. The Morgan fingerprint density at radius 3 is 2.03 bits per heavy atom. The van der Waals surface area contributed by atoms with E-state index in [9.17, 15) is 9.59 Å². The maximum Gasteiger partial charge on any atom is 0.427 e. The number of amides is 2. The number of nitrogens with zero attached hydrogens (tertiary/aromatic N) is 3. The molecule has 0 aliphatic heterocycles. The first-order chi connectivity index (χ1) is 17.3. The van der Waals surface area contributed by atoms with Gasteiger partial charge in [-0.25, -0.2) is 14.6 Å². The highest BCUT2D eigenvalue weighted by molar-refractivity contribution is 6.08. The predicted octanol–water partition coefficient (Wildman–Crippen LogP) is 5.22. The number of hydrogen-bond donors (Lipinski definition) is 1. The maximum atomic E-state index is 12.9. The van der Waals surface area contributed by atoms with Gasteiger partial charge in [-0.2, -0.15) is 4.98 Å². The molecule has 1 N–H and O–H groups in total. The molecular formula is C26H38N4O7. The third-order valence-electron chi connectivity index (χ3n) is 4.65. The molecule has 0 bridgehead atoms. The number of aromatic nitrogens is 2. The van der Waals surface area contributed by atoms with Crippen LogP contribution in [0.2, 0.25) is 0 Å². The Morgan fingerprint density at radius 2 is 1.51 bits per heavy atom. The standard InChI is InChI=1S/C26H38N4O7/c1-25(2,3)36-23(31)30(24(32)37-26(4,5)6)22-28-16-20(21(27-7)29-22)35-14-10-11-17-12-13-18(33-8)19(15-17)34-9/h12-13,15-16H,10-11,14H2,1-9H3,(H,27,28,29). The van der Waals surface area contributed by atoms with Gasteiger partial charge in [-0.1, -0.05) is 6.07 Å². The van der Waals surface area contributed by atoms with Gasteiger partial charge in [0.1, 0.15) is 11.2 Å². The van der Waals surface area contributed by atoms with E-state index in [1.165, 1.54) is 6.20 Å². The lowest BCUT2D eigenvalue weighted by Crippen LogP contribution is -2.44. The fourth-order valence-electron chi connectivity index (χ4n) is 3.10. The van der Waals surface area contributed by atoms with Crippen LogP contribution >= 0.6 is 0 Å². The summed E-state index contributed by atoms with van der Waals surface area (Å²) in [6.45, 7) is 10.5. The van der Waals surface area contributed by atoms with E-state index >= 15 is 0 Å². The van der Waals surface area contributed by atoms with Gasteiger partial charge in [-0.15, -0.1) is 4.90 Å². The van der Waals surface area contributed by atoms with Crippen molar-refractivity contribution in [2.75, 3.05) is 38.1 Å². The Bertz CT molecular complexity index is 1050. The van der Waals surface area contributed by atoms with Crippen molar-refractivity contribution in [3.63, 3.8) is 0 Å². The second-order valence-corrected chi connectivity index (χ2v) is 10.1. The summed E-state index contributed by atoms with van der Waals surface area (Å²) in [5.74, 6) is 1.80. The van der Waals surface area contributed by atoms with Crippen LogP contribution in [0.15, 0.2) is 24.4 Å². The van der Waals surface area contributed by atoms with Crippen molar-refractivity contribution < 1.29 is 33.3 Å². The van der Waals surface area contributed by atoms with Gasteiger partial charge in [-0.3, -0.25) is 0 Å². The van der Waals surface area contributed by atoms with Crippen LogP contribution in [0.25, 0.3) is 0 Å². The summed E-state index contributed by atoms with van der Waals surface area (Å²) in [6, 6.07) is 5.76. The number of benzene rings is 1. The first-order valence-corrected chi connectivity index (χ1v) is 11.9. The van der Waals surface area contributed by atoms with Crippen LogP contribution in [0.5, 0.6) is 17.2 Å². The molecule has 37 heavy (non-hydrogen) atoms. The van der Waals surface area contributed by atoms with Crippen LogP contribution in [-0.4, -0.2) is 61.2 Å². The highest BCUT2D eigenvalue weighted by atomic mass is 16.6. The average Bonchev–Trinajstić information content (AvgIpc) is 2.79. The second kappa shape index (κ2) is 12.5. The van der Waals surface area contributed by atoms with E-state index in [2.05, 4.69) is 15.3 Å². The van der Waals surface area contributed by atoms with Crippen molar-refractivity contribution in [2.24, 2.45) is 0 Å². The zero-order chi connectivity index (χ0) is 27.8. The lowest BCUT2D eigenvalue weighted by atomic mass is 10.1. The summed E-state index contributed by atoms with van der Waals surface area (Å²) in [5.41, 5.74) is -0.618. The first kappa shape index (κ1) is 29.5. The molecule has 0 atom stereocenters. The molecule has 0 saturated heterocycles. The molecule has 0 spiro atoms. The maximum absolute atomic E-state index is 12.9. The molecule has 2 amide bonds. The molecule has 0 saturated carbocycles. The molecule has 2 rings (SSSR count). The van der Waals surface area contributed by atoms with Crippen molar-refractivity contribution in [3.8, 4) is 17.2 Å². The lowest BCUT2D eigenvalue weighted by Gasteiger charge is -2.27. The van der Waals surface area contributed by atoms with Gasteiger partial charge in [0.2, 0.25) is 5.95 Å². The smallest absolute Gasteiger partial charge is 0.427 e. The summed E-state index contributed by atoms with van der Waals surface area (Å²) >= 11 is 0. The number of imide groups is 1. The lowest BCUT2D eigenvalue weighted by molar-refractivity contribution is 0.0427. The molecule has 11 nitrogen and oxygen atoms in total. The van der Waals surface area contributed by atoms with E-state index < -0.39 is 23.4 Å². The third kappa shape index (κ3) is 9.00. The Labute approximate surface area is 218 Å². The fourth-order valence-corrected chi connectivity index (χ4v) is 3.10. The molecule has 204 valence electrons. The summed E-state index contributed by atoms with van der Waals surface area (Å²) in [6.07, 6.45) is 0.952. The van der Waals surface area contributed by atoms with Crippen LogP contribution in [0.3, 0.4) is 0 Å². The Morgan fingerprint density at radius 1 is 0.919 bits per heavy atom. The zero-order valence-electron chi connectivity index (χ0n) is 23.1. The van der Waals surface area contributed by atoms with Crippen LogP contribution in [0, 0.1) is 0 Å². The number of nitrogens with one attached hydrogen (secondary N) is 1. The number of anilines is 2. The van der Waals surface area contributed by atoms with Crippen LogP contribution < -0.4 is 24.4 Å². The molecule has 11 heteroatoms. The number of ether oxygens (including phenoxy) is 5. The largest absolute Gasteiger partial charge is 0.493 e. The Kier molecular flexibility index (Phi) is 9.93. The quantitative estimate of drug-likeness (QED) is 0.442. The first-order valence-electron chi connectivity index (χ1n) is 11.9. The van der Waals surface area contributed by atoms with E-state index in [1.54, 1.807) is 62.8 Å². The molecule has 0 fully saturated rings. The van der Waals surface area contributed by atoms with Gasteiger partial charge in [0.25, 0.3) is 0 Å². The number of carbonyl (C=O) groups is 2. The van der Waals surface area contributed by atoms with Crippen molar-refractivity contribution in [2.45, 2.75) is 65.6 Å². The fraction of sp³-hybridized carbons (Fsp3) is 0.538. The predicted molar refractivity (Wildman–Crippen MR) is 140 cm³/mol. The van der Waals surface area contributed by atoms with Crippen LogP contribution in [0.1, 0.15) is 53.5 Å². The molecule has 0 radical (unpaired) electrons. The van der Waals surface area contributed by atoms with Crippen molar-refractivity contribution in [1.82, 2.24) is 9.97 Å². The van der Waals surface area contributed by atoms with Gasteiger partial charge in [0.15, 0.2) is 23.1 Å². The number of rotatable bonds is 9. The van der Waals surface area contributed by atoms with Gasteiger partial charge in [0, 0.05) is 7.05 Å². The van der Waals surface area contributed by atoms with E-state index in [0.29, 0.717) is 41.0 Å². The highest BCUT2D eigenvalue weighted by Crippen LogP contribution is 2.29. The normalized spacial score (nSPS) is 11.4. The van der Waals surface area contributed by atoms with E-state index in [1.807, 2.05) is 18.2 Å². The Hall–Kier alpha value is -3.76. The van der Waals surface area contributed by atoms with E-state index in [-0.39, 0.29) is 5.95 Å². The molecule has 2 aromatic rings. The number of carbonyl (C=O) groups excluding carboxylic acids is 2. The number of hydrogen-bond acceptors (Lipinski definition) is 10. The number of aryl methyl sites for hydroxylation is 1.